The number of carbonyl (C=O) groups is 1. The summed E-state index contributed by atoms with van der Waals surface area (Å²) in [4.78, 5) is 21.0. The van der Waals surface area contributed by atoms with E-state index in [9.17, 15) is 4.79 Å². The number of amides is 1. The summed E-state index contributed by atoms with van der Waals surface area (Å²) in [5.41, 5.74) is 4.42. The maximum absolute atomic E-state index is 13.0. The van der Waals surface area contributed by atoms with Crippen molar-refractivity contribution in [2.75, 3.05) is 0 Å². The third-order valence-corrected chi connectivity index (χ3v) is 6.79. The van der Waals surface area contributed by atoms with Gasteiger partial charge in [0.25, 0.3) is 0 Å². The average molecular weight is 522 g/mol. The first kappa shape index (κ1) is 24.2. The fraction of sp³-hybridized carbons (Fsp3) is 0.269. The normalized spacial score (nSPS) is 16.2. The molecule has 8 nitrogen and oxygen atoms in total. The number of hydrogen-bond acceptors (Lipinski definition) is 5. The highest BCUT2D eigenvalue weighted by molar-refractivity contribution is 6.32. The Morgan fingerprint density at radius 2 is 1.97 bits per heavy atom. The van der Waals surface area contributed by atoms with Crippen LogP contribution in [0.3, 0.4) is 0 Å². The lowest BCUT2D eigenvalue weighted by Gasteiger charge is -2.16. The molecule has 0 radical (unpaired) electrons. The highest BCUT2D eigenvalue weighted by atomic mass is 35.5. The van der Waals surface area contributed by atoms with Crippen LogP contribution in [-0.4, -0.2) is 36.1 Å². The Balaban J connectivity index is 1.40. The summed E-state index contributed by atoms with van der Waals surface area (Å²) in [5, 5.41) is 15.4. The van der Waals surface area contributed by atoms with Crippen molar-refractivity contribution < 1.29 is 4.79 Å². The maximum atomic E-state index is 13.0. The molecule has 1 unspecified atom stereocenters. The van der Waals surface area contributed by atoms with Crippen LogP contribution in [0.5, 0.6) is 0 Å². The van der Waals surface area contributed by atoms with Gasteiger partial charge >= 0.3 is 0 Å². The number of nitrogens with zero attached hydrogens (tertiary/aromatic N) is 5. The minimum atomic E-state index is -0.293. The molecule has 1 aliphatic rings. The number of aromatic amines is 1. The van der Waals surface area contributed by atoms with Crippen LogP contribution in [0.4, 0.5) is 0 Å². The fourth-order valence-electron chi connectivity index (χ4n) is 4.50. The predicted molar refractivity (Wildman–Crippen MR) is 140 cm³/mol. The Hall–Kier alpha value is -3.49. The first-order valence-electron chi connectivity index (χ1n) is 11.9. The molecular formula is C26H25Cl2N7O. The van der Waals surface area contributed by atoms with E-state index in [-0.39, 0.29) is 11.9 Å². The third-order valence-electron chi connectivity index (χ3n) is 6.29. The highest BCUT2D eigenvalue weighted by Gasteiger charge is 2.22. The number of aryl methyl sites for hydroxylation is 1. The van der Waals surface area contributed by atoms with Gasteiger partial charge in [-0.05, 0) is 59.5 Å². The largest absolute Gasteiger partial charge is 0.343 e. The smallest absolute Gasteiger partial charge is 0.244 e. The van der Waals surface area contributed by atoms with Gasteiger partial charge in [0.1, 0.15) is 23.0 Å². The number of halogens is 2. The fourth-order valence-corrected chi connectivity index (χ4v) is 4.92. The lowest BCUT2D eigenvalue weighted by Crippen LogP contribution is -2.27. The Morgan fingerprint density at radius 3 is 2.83 bits per heavy atom. The van der Waals surface area contributed by atoms with Crippen LogP contribution >= 0.6 is 23.2 Å². The van der Waals surface area contributed by atoms with Crippen molar-refractivity contribution in [1.82, 2.24) is 35.5 Å². The Morgan fingerprint density at radius 1 is 1.11 bits per heavy atom. The van der Waals surface area contributed by atoms with Gasteiger partial charge in [0.2, 0.25) is 5.91 Å². The lowest BCUT2D eigenvalue weighted by molar-refractivity contribution is -0.117. The van der Waals surface area contributed by atoms with E-state index >= 15 is 0 Å². The van der Waals surface area contributed by atoms with Gasteiger partial charge in [-0.1, -0.05) is 66.7 Å². The van der Waals surface area contributed by atoms with Crippen LogP contribution in [0.25, 0.3) is 23.0 Å². The Kier molecular flexibility index (Phi) is 7.44. The minimum Gasteiger partial charge on any atom is -0.343 e. The Labute approximate surface area is 218 Å². The van der Waals surface area contributed by atoms with Gasteiger partial charge in [-0.15, -0.1) is 5.10 Å². The molecule has 0 aliphatic carbocycles. The number of rotatable bonds is 4. The molecule has 0 spiro atoms. The van der Waals surface area contributed by atoms with Gasteiger partial charge in [-0.2, -0.15) is 4.68 Å². The number of tetrazole rings is 1. The van der Waals surface area contributed by atoms with E-state index in [0.29, 0.717) is 27.3 Å². The summed E-state index contributed by atoms with van der Waals surface area (Å²) in [6, 6.07) is 13.2. The van der Waals surface area contributed by atoms with Crippen molar-refractivity contribution in [2.24, 2.45) is 0 Å². The molecule has 36 heavy (non-hydrogen) atoms. The summed E-state index contributed by atoms with van der Waals surface area (Å²) in [6.07, 6.45) is 10.7. The van der Waals surface area contributed by atoms with Gasteiger partial charge < -0.3 is 10.3 Å². The number of benzene rings is 2. The molecule has 1 aliphatic heterocycles. The van der Waals surface area contributed by atoms with E-state index in [0.717, 1.165) is 49.8 Å². The number of fused-ring (bicyclic) bond motifs is 4. The zero-order chi connectivity index (χ0) is 24.9. The number of nitrogens with one attached hydrogen (secondary N) is 2. The topological polar surface area (TPSA) is 101 Å². The molecule has 2 N–H and O–H groups in total. The summed E-state index contributed by atoms with van der Waals surface area (Å²) in [7, 11) is 0. The SMILES string of the molecule is O=C(C=Cc1cc(Cl)ccc1-n1cnnn1)NC1CCCCCCc2ccccc2-c2nc1[nH]c2Cl. The molecule has 4 aromatic rings. The second kappa shape index (κ2) is 11.1. The molecular weight excluding hydrogens is 497 g/mol. The van der Waals surface area contributed by atoms with Crippen LogP contribution in [0.2, 0.25) is 10.2 Å². The molecule has 184 valence electrons. The molecule has 5 rings (SSSR count). The Bertz CT molecular complexity index is 1380. The number of H-pyrrole nitrogens is 1. The van der Waals surface area contributed by atoms with Gasteiger partial charge in [0, 0.05) is 22.2 Å². The molecule has 10 heteroatoms. The molecule has 3 heterocycles. The zero-order valence-electron chi connectivity index (χ0n) is 19.5. The molecule has 0 saturated heterocycles. The van der Waals surface area contributed by atoms with Crippen molar-refractivity contribution >= 4 is 35.2 Å². The molecule has 0 fully saturated rings. The second-order valence-corrected chi connectivity index (χ2v) is 9.56. The van der Waals surface area contributed by atoms with E-state index in [1.807, 2.05) is 12.1 Å². The second-order valence-electron chi connectivity index (χ2n) is 8.75. The molecule has 0 saturated carbocycles. The molecule has 2 aromatic carbocycles. The molecule has 2 bridgehead atoms. The van der Waals surface area contributed by atoms with Crippen molar-refractivity contribution in [3.63, 3.8) is 0 Å². The van der Waals surface area contributed by atoms with Crippen LogP contribution in [-0.2, 0) is 11.2 Å². The van der Waals surface area contributed by atoms with E-state index in [1.54, 1.807) is 24.3 Å². The van der Waals surface area contributed by atoms with Gasteiger partial charge in [0.15, 0.2) is 0 Å². The summed E-state index contributed by atoms with van der Waals surface area (Å²) in [5.74, 6) is 0.411. The highest BCUT2D eigenvalue weighted by Crippen LogP contribution is 2.32. The molecule has 2 aromatic heterocycles. The number of hydrogen-bond donors (Lipinski definition) is 2. The number of carbonyl (C=O) groups excluding carboxylic acids is 1. The van der Waals surface area contributed by atoms with E-state index in [1.165, 1.54) is 22.6 Å². The monoisotopic (exact) mass is 521 g/mol. The van der Waals surface area contributed by atoms with E-state index < -0.39 is 0 Å². The summed E-state index contributed by atoms with van der Waals surface area (Å²) >= 11 is 12.8. The van der Waals surface area contributed by atoms with Crippen molar-refractivity contribution in [2.45, 2.75) is 44.6 Å². The molecule has 1 atom stereocenters. The first-order chi connectivity index (χ1) is 17.6. The van der Waals surface area contributed by atoms with Crippen molar-refractivity contribution in [3.8, 4) is 16.9 Å². The van der Waals surface area contributed by atoms with Gasteiger partial charge in [-0.25, -0.2) is 4.98 Å². The van der Waals surface area contributed by atoms with Crippen LogP contribution < -0.4 is 5.32 Å². The summed E-state index contributed by atoms with van der Waals surface area (Å²) < 4.78 is 1.52. The quantitative estimate of drug-likeness (QED) is 0.333. The van der Waals surface area contributed by atoms with Gasteiger partial charge in [0.05, 0.1) is 11.7 Å². The van der Waals surface area contributed by atoms with Crippen LogP contribution in [0.1, 0.15) is 55.1 Å². The third kappa shape index (κ3) is 5.50. The first-order valence-corrected chi connectivity index (χ1v) is 12.7. The predicted octanol–water partition coefficient (Wildman–Crippen LogP) is 5.74. The zero-order valence-corrected chi connectivity index (χ0v) is 21.0. The van der Waals surface area contributed by atoms with Crippen molar-refractivity contribution in [3.05, 3.63) is 82.0 Å². The number of aromatic nitrogens is 6. The van der Waals surface area contributed by atoms with E-state index in [2.05, 4.69) is 38.0 Å². The van der Waals surface area contributed by atoms with Gasteiger partial charge in [-0.3, -0.25) is 4.79 Å². The standard InChI is InChI=1S/C26H25Cl2N7O/c27-19-12-13-22(35-16-29-33-34-35)18(15-19)11-14-23(36)30-21-10-4-2-1-3-7-17-8-5-6-9-20(17)24-25(28)32-26(21)31-24/h5-6,8-9,11-16,21H,1-4,7,10H2,(H,30,36)(H,31,32). The van der Waals surface area contributed by atoms with Crippen LogP contribution in [0, 0.1) is 0 Å². The van der Waals surface area contributed by atoms with Crippen LogP contribution in [0.15, 0.2) is 54.9 Å². The van der Waals surface area contributed by atoms with Crippen molar-refractivity contribution in [1.29, 1.82) is 0 Å². The number of imidazole rings is 1. The minimum absolute atomic E-state index is 0.246. The lowest BCUT2D eigenvalue weighted by atomic mass is 9.98. The van der Waals surface area contributed by atoms with E-state index in [4.69, 9.17) is 28.2 Å². The average Bonchev–Trinajstić information content (AvgIpc) is 3.54. The maximum Gasteiger partial charge on any atom is 0.244 e. The molecule has 1 amide bonds. The summed E-state index contributed by atoms with van der Waals surface area (Å²) in [6.45, 7) is 0.